The van der Waals surface area contributed by atoms with E-state index in [2.05, 4.69) is 73.7 Å². The highest BCUT2D eigenvalue weighted by Gasteiger charge is 2.59. The Morgan fingerprint density at radius 2 is 1.76 bits per heavy atom. The minimum absolute atomic E-state index is 0.175. The van der Waals surface area contributed by atoms with Crippen molar-refractivity contribution in [1.29, 1.82) is 0 Å². The standard InChI is InChI=1S/C28H30ClNO3S/c1-18-24(17-19-15-22(31-2)27(33-4)23(16-19)32-3)34-26-13-14-30(29)25-12-8-11-21(28(18,25)26)20-9-6-5-7-10-20/h5-13,15-16,18,21,24H,14,17H2,1-4H3. The van der Waals surface area contributed by atoms with Crippen molar-refractivity contribution in [2.24, 2.45) is 11.3 Å². The summed E-state index contributed by atoms with van der Waals surface area (Å²) in [5.41, 5.74) is 3.52. The highest BCUT2D eigenvalue weighted by molar-refractivity contribution is 8.04. The number of hydrogen-bond donors (Lipinski definition) is 0. The van der Waals surface area contributed by atoms with Crippen LogP contribution in [0.4, 0.5) is 0 Å². The topological polar surface area (TPSA) is 30.9 Å². The fourth-order valence-corrected chi connectivity index (χ4v) is 7.95. The number of allylic oxidation sites excluding steroid dienone is 4. The van der Waals surface area contributed by atoms with Crippen LogP contribution in [0.2, 0.25) is 0 Å². The van der Waals surface area contributed by atoms with E-state index in [0.29, 0.717) is 28.4 Å². The van der Waals surface area contributed by atoms with Crippen molar-refractivity contribution in [2.45, 2.75) is 24.5 Å². The molecule has 0 radical (unpaired) electrons. The van der Waals surface area contributed by atoms with E-state index in [0.717, 1.165) is 13.0 Å². The van der Waals surface area contributed by atoms with Gasteiger partial charge in [0.25, 0.3) is 0 Å². The highest BCUT2D eigenvalue weighted by atomic mass is 35.5. The van der Waals surface area contributed by atoms with Crippen LogP contribution in [-0.4, -0.2) is 37.5 Å². The molecular weight excluding hydrogens is 466 g/mol. The number of thioether (sulfide) groups is 1. The lowest BCUT2D eigenvalue weighted by molar-refractivity contribution is 0.221. The van der Waals surface area contributed by atoms with E-state index in [1.165, 1.54) is 21.7 Å². The number of halogens is 1. The monoisotopic (exact) mass is 495 g/mol. The molecule has 0 N–H and O–H groups in total. The van der Waals surface area contributed by atoms with E-state index in [1.807, 2.05) is 16.2 Å². The van der Waals surface area contributed by atoms with Gasteiger partial charge in [0.05, 0.1) is 33.3 Å². The predicted octanol–water partition coefficient (Wildman–Crippen LogP) is 6.58. The lowest BCUT2D eigenvalue weighted by Gasteiger charge is -2.49. The molecule has 1 spiro atoms. The van der Waals surface area contributed by atoms with Gasteiger partial charge >= 0.3 is 0 Å². The van der Waals surface area contributed by atoms with Crippen molar-refractivity contribution >= 4 is 23.5 Å². The minimum Gasteiger partial charge on any atom is -0.493 e. The summed E-state index contributed by atoms with van der Waals surface area (Å²) in [4.78, 5) is 1.43. The Kier molecular flexibility index (Phi) is 6.34. The summed E-state index contributed by atoms with van der Waals surface area (Å²) >= 11 is 8.82. The van der Waals surface area contributed by atoms with Gasteiger partial charge in [0.15, 0.2) is 11.5 Å². The van der Waals surface area contributed by atoms with Crippen LogP contribution < -0.4 is 14.2 Å². The molecule has 2 aromatic rings. The lowest BCUT2D eigenvalue weighted by atomic mass is 9.59. The first-order chi connectivity index (χ1) is 16.5. The molecule has 0 saturated carbocycles. The zero-order valence-electron chi connectivity index (χ0n) is 20.0. The maximum absolute atomic E-state index is 6.82. The van der Waals surface area contributed by atoms with E-state index in [1.54, 1.807) is 21.3 Å². The molecule has 1 saturated heterocycles. The molecule has 34 heavy (non-hydrogen) atoms. The van der Waals surface area contributed by atoms with E-state index >= 15 is 0 Å². The first-order valence-electron chi connectivity index (χ1n) is 11.6. The molecule has 1 aliphatic carbocycles. The molecule has 2 aromatic carbocycles. The predicted molar refractivity (Wildman–Crippen MR) is 140 cm³/mol. The van der Waals surface area contributed by atoms with E-state index in [9.17, 15) is 0 Å². The van der Waals surface area contributed by atoms with Gasteiger partial charge in [-0.2, -0.15) is 0 Å². The number of benzene rings is 2. The molecular formula is C28H30ClNO3S. The molecule has 4 unspecified atom stereocenters. The van der Waals surface area contributed by atoms with Gasteiger partial charge in [-0.1, -0.05) is 55.5 Å². The third-order valence-corrected chi connectivity index (χ3v) is 9.41. The maximum atomic E-state index is 6.82. The largest absolute Gasteiger partial charge is 0.493 e. The Labute approximate surface area is 211 Å². The highest BCUT2D eigenvalue weighted by Crippen LogP contribution is 2.68. The smallest absolute Gasteiger partial charge is 0.203 e. The van der Waals surface area contributed by atoms with Crippen molar-refractivity contribution in [3.05, 3.63) is 88.5 Å². The van der Waals surface area contributed by atoms with Crippen molar-refractivity contribution in [1.82, 2.24) is 4.42 Å². The van der Waals surface area contributed by atoms with Crippen LogP contribution in [0.3, 0.4) is 0 Å². The van der Waals surface area contributed by atoms with E-state index < -0.39 is 0 Å². The molecule has 5 rings (SSSR count). The van der Waals surface area contributed by atoms with Gasteiger partial charge in [0, 0.05) is 28.6 Å². The molecule has 6 heteroatoms. The summed E-state index contributed by atoms with van der Waals surface area (Å²) in [6.45, 7) is 3.10. The number of ether oxygens (including phenoxy) is 3. The summed E-state index contributed by atoms with van der Waals surface area (Å²) < 4.78 is 18.7. The van der Waals surface area contributed by atoms with Gasteiger partial charge in [-0.05, 0) is 46.6 Å². The van der Waals surface area contributed by atoms with Crippen LogP contribution >= 0.6 is 23.5 Å². The van der Waals surface area contributed by atoms with Crippen molar-refractivity contribution < 1.29 is 14.2 Å². The normalized spacial score (nSPS) is 27.4. The number of hydrogen-bond acceptors (Lipinski definition) is 5. The molecule has 1 fully saturated rings. The Hall–Kier alpha value is -2.50. The number of rotatable bonds is 6. The van der Waals surface area contributed by atoms with Gasteiger partial charge in [0.2, 0.25) is 5.75 Å². The molecule has 3 aliphatic rings. The Balaban J connectivity index is 1.56. The third kappa shape index (κ3) is 3.52. The van der Waals surface area contributed by atoms with Crippen LogP contribution in [0.5, 0.6) is 17.2 Å². The molecule has 4 atom stereocenters. The molecule has 178 valence electrons. The van der Waals surface area contributed by atoms with Crippen LogP contribution in [-0.2, 0) is 6.42 Å². The second-order valence-electron chi connectivity index (χ2n) is 8.99. The van der Waals surface area contributed by atoms with Crippen LogP contribution in [0.1, 0.15) is 24.0 Å². The summed E-state index contributed by atoms with van der Waals surface area (Å²) in [5, 5.41) is 0.373. The summed E-state index contributed by atoms with van der Waals surface area (Å²) in [6, 6.07) is 15.0. The van der Waals surface area contributed by atoms with Crippen molar-refractivity contribution in [2.75, 3.05) is 27.9 Å². The molecule has 0 bridgehead atoms. The average molecular weight is 496 g/mol. The van der Waals surface area contributed by atoms with Crippen LogP contribution in [0, 0.1) is 11.3 Å². The second kappa shape index (κ2) is 9.27. The summed E-state index contributed by atoms with van der Waals surface area (Å²) in [6.07, 6.45) is 9.94. The number of nitrogens with zero attached hydrogens (tertiary/aromatic N) is 1. The summed E-state index contributed by atoms with van der Waals surface area (Å²) in [5.74, 6) is 2.59. The van der Waals surface area contributed by atoms with Gasteiger partial charge < -0.3 is 14.2 Å². The fourth-order valence-electron chi connectivity index (χ4n) is 5.88. The Bertz CT molecular complexity index is 1140. The average Bonchev–Trinajstić information content (AvgIpc) is 3.14. The number of methoxy groups -OCH3 is 3. The fraction of sp³-hybridized carbons (Fsp3) is 0.357. The molecule has 0 aromatic heterocycles. The van der Waals surface area contributed by atoms with Crippen LogP contribution in [0.15, 0.2) is 77.4 Å². The third-order valence-electron chi connectivity index (χ3n) is 7.45. The maximum Gasteiger partial charge on any atom is 0.203 e. The van der Waals surface area contributed by atoms with E-state index in [4.69, 9.17) is 26.0 Å². The molecule has 2 aliphatic heterocycles. The van der Waals surface area contributed by atoms with Gasteiger partial charge in [-0.3, -0.25) is 4.42 Å². The lowest BCUT2D eigenvalue weighted by Crippen LogP contribution is -2.44. The Morgan fingerprint density at radius 1 is 1.06 bits per heavy atom. The Morgan fingerprint density at radius 3 is 2.41 bits per heavy atom. The van der Waals surface area contributed by atoms with Gasteiger partial charge in [-0.15, -0.1) is 11.8 Å². The SMILES string of the molecule is COc1cc(CC2SC3=CCN(Cl)C4=CC=CC(c5ccccc5)C34C2C)cc(OC)c1OC. The molecule has 2 heterocycles. The van der Waals surface area contributed by atoms with Crippen molar-refractivity contribution in [3.8, 4) is 17.2 Å². The van der Waals surface area contributed by atoms with Crippen molar-refractivity contribution in [3.63, 3.8) is 0 Å². The van der Waals surface area contributed by atoms with E-state index in [-0.39, 0.29) is 11.3 Å². The van der Waals surface area contributed by atoms with Crippen LogP contribution in [0.25, 0.3) is 0 Å². The van der Waals surface area contributed by atoms with Gasteiger partial charge in [-0.25, -0.2) is 0 Å². The molecule has 4 nitrogen and oxygen atoms in total. The second-order valence-corrected chi connectivity index (χ2v) is 10.7. The van der Waals surface area contributed by atoms with Gasteiger partial charge in [0.1, 0.15) is 0 Å². The zero-order chi connectivity index (χ0) is 23.9. The minimum atomic E-state index is -0.175. The quantitative estimate of drug-likeness (QED) is 0.422. The summed E-state index contributed by atoms with van der Waals surface area (Å²) in [7, 11) is 4.96. The zero-order valence-corrected chi connectivity index (χ0v) is 21.5. The molecule has 0 amide bonds. The first-order valence-corrected chi connectivity index (χ1v) is 12.8. The first kappa shape index (κ1) is 23.3.